The number of hydrogen-bond donors (Lipinski definition) is 0. The van der Waals surface area contributed by atoms with Gasteiger partial charge in [-0.2, -0.15) is 0 Å². The monoisotopic (exact) mass is 412 g/mol. The van der Waals surface area contributed by atoms with E-state index in [-0.39, 0.29) is 17.0 Å². The summed E-state index contributed by atoms with van der Waals surface area (Å²) < 4.78 is 32.9. The van der Waals surface area contributed by atoms with Crippen LogP contribution in [-0.4, -0.2) is 53.4 Å². The number of nitrogens with zero attached hydrogens (tertiary/aromatic N) is 4. The van der Waals surface area contributed by atoms with E-state index >= 15 is 0 Å². The molecule has 0 unspecified atom stereocenters. The van der Waals surface area contributed by atoms with E-state index in [0.717, 1.165) is 35.8 Å². The Morgan fingerprint density at radius 3 is 2.85 bits per heavy atom. The number of ether oxygens (including phenoxy) is 1. The number of imidazole rings is 1. The minimum atomic E-state index is -3.39. The van der Waals surface area contributed by atoms with Gasteiger partial charge in [0.1, 0.15) is 0 Å². The molecular formula is C18H28N4O3S2. The second-order valence-electron chi connectivity index (χ2n) is 7.13. The Hall–Kier alpha value is -1.29. The van der Waals surface area contributed by atoms with Crippen LogP contribution in [0.25, 0.3) is 0 Å². The molecule has 0 bridgehead atoms. The van der Waals surface area contributed by atoms with E-state index in [1.807, 2.05) is 25.5 Å². The molecule has 1 atom stereocenters. The van der Waals surface area contributed by atoms with Gasteiger partial charge in [-0.1, -0.05) is 6.92 Å². The number of aromatic nitrogens is 3. The Bertz CT molecular complexity index is 854. The fourth-order valence-electron chi connectivity index (χ4n) is 3.40. The molecule has 3 heterocycles. The fourth-order valence-corrected chi connectivity index (χ4v) is 5.47. The quantitative estimate of drug-likeness (QED) is 0.630. The number of hydrogen-bond acceptors (Lipinski definition) is 7. The van der Waals surface area contributed by atoms with E-state index < -0.39 is 9.84 Å². The molecular weight excluding hydrogens is 384 g/mol. The summed E-state index contributed by atoms with van der Waals surface area (Å²) in [4.78, 5) is 10.9. The second kappa shape index (κ2) is 8.81. The van der Waals surface area contributed by atoms with Crippen molar-refractivity contribution < 1.29 is 13.2 Å². The van der Waals surface area contributed by atoms with E-state index in [9.17, 15) is 8.42 Å². The molecule has 1 saturated heterocycles. The van der Waals surface area contributed by atoms with Gasteiger partial charge < -0.3 is 9.30 Å². The highest BCUT2D eigenvalue weighted by Crippen LogP contribution is 2.21. The van der Waals surface area contributed by atoms with Crippen molar-refractivity contribution >= 4 is 21.2 Å². The van der Waals surface area contributed by atoms with Crippen LogP contribution in [0.1, 0.15) is 42.6 Å². The third-order valence-electron chi connectivity index (χ3n) is 4.59. The molecule has 0 radical (unpaired) electrons. The van der Waals surface area contributed by atoms with Crippen molar-refractivity contribution in [1.82, 2.24) is 19.4 Å². The van der Waals surface area contributed by atoms with Gasteiger partial charge in [-0.3, -0.25) is 4.90 Å². The Balaban J connectivity index is 1.81. The third-order valence-corrected chi connectivity index (χ3v) is 7.24. The maximum atomic E-state index is 12.7. The Morgan fingerprint density at radius 1 is 1.41 bits per heavy atom. The molecule has 3 rings (SSSR count). The largest absolute Gasteiger partial charge is 0.376 e. The van der Waals surface area contributed by atoms with Gasteiger partial charge in [-0.15, -0.1) is 11.3 Å². The average Bonchev–Trinajstić information content (AvgIpc) is 3.31. The minimum Gasteiger partial charge on any atom is -0.376 e. The van der Waals surface area contributed by atoms with Crippen molar-refractivity contribution in [2.24, 2.45) is 0 Å². The zero-order valence-corrected chi connectivity index (χ0v) is 17.9. The lowest BCUT2D eigenvalue weighted by molar-refractivity contribution is 0.0934. The number of thiazole rings is 1. The normalized spacial score (nSPS) is 17.9. The average molecular weight is 413 g/mol. The molecule has 2 aromatic heterocycles. The SMILES string of the molecule is CCCS(=O)(=O)c1ncc(CN(C)Cc2csc(C)n2)n1C[C@@H]1CCCO1. The van der Waals surface area contributed by atoms with Gasteiger partial charge in [0.25, 0.3) is 0 Å². The standard InChI is InChI=1S/C18H28N4O3S2/c1-4-8-27(23,24)18-19-9-16(22(18)12-17-6-5-7-25-17)11-21(3)10-15-13-26-14(2)20-15/h9,13,17H,4-8,10-12H2,1-3H3/t17-/m0/s1. The van der Waals surface area contributed by atoms with Crippen LogP contribution in [0.4, 0.5) is 0 Å². The van der Waals surface area contributed by atoms with Gasteiger partial charge in [0.2, 0.25) is 15.0 Å². The van der Waals surface area contributed by atoms with Gasteiger partial charge in [0.05, 0.1) is 41.0 Å². The minimum absolute atomic E-state index is 0.0556. The van der Waals surface area contributed by atoms with Crippen LogP contribution < -0.4 is 0 Å². The highest BCUT2D eigenvalue weighted by atomic mass is 32.2. The first-order chi connectivity index (χ1) is 12.9. The molecule has 0 saturated carbocycles. The fraction of sp³-hybridized carbons (Fsp3) is 0.667. The van der Waals surface area contributed by atoms with Crippen LogP contribution in [0.15, 0.2) is 16.7 Å². The van der Waals surface area contributed by atoms with Crippen molar-refractivity contribution in [3.8, 4) is 0 Å². The van der Waals surface area contributed by atoms with Gasteiger partial charge in [-0.05, 0) is 33.2 Å². The molecule has 7 nitrogen and oxygen atoms in total. The summed E-state index contributed by atoms with van der Waals surface area (Å²) in [6.07, 6.45) is 4.31. The lowest BCUT2D eigenvalue weighted by Gasteiger charge is -2.19. The van der Waals surface area contributed by atoms with Crippen molar-refractivity contribution in [2.45, 2.75) is 64.0 Å². The van der Waals surface area contributed by atoms with Gasteiger partial charge in [0.15, 0.2) is 0 Å². The lowest BCUT2D eigenvalue weighted by atomic mass is 10.2. The van der Waals surface area contributed by atoms with Crippen LogP contribution in [0.5, 0.6) is 0 Å². The zero-order valence-electron chi connectivity index (χ0n) is 16.2. The van der Waals surface area contributed by atoms with Crippen molar-refractivity contribution in [1.29, 1.82) is 0 Å². The Morgan fingerprint density at radius 2 is 2.22 bits per heavy atom. The maximum Gasteiger partial charge on any atom is 0.227 e. The maximum absolute atomic E-state index is 12.7. The predicted octanol–water partition coefficient (Wildman–Crippen LogP) is 2.64. The van der Waals surface area contributed by atoms with Gasteiger partial charge in [-0.25, -0.2) is 18.4 Å². The van der Waals surface area contributed by atoms with E-state index in [0.29, 0.717) is 26.1 Å². The molecule has 1 aliphatic heterocycles. The summed E-state index contributed by atoms with van der Waals surface area (Å²) in [6.45, 7) is 6.47. The Labute approximate surface area is 165 Å². The highest BCUT2D eigenvalue weighted by Gasteiger charge is 2.26. The molecule has 0 aromatic carbocycles. The zero-order chi connectivity index (χ0) is 19.4. The van der Waals surface area contributed by atoms with E-state index in [2.05, 4.69) is 20.2 Å². The lowest BCUT2D eigenvalue weighted by Crippen LogP contribution is -2.25. The van der Waals surface area contributed by atoms with Crippen molar-refractivity contribution in [2.75, 3.05) is 19.4 Å². The number of rotatable bonds is 9. The summed E-state index contributed by atoms with van der Waals surface area (Å²) in [5.74, 6) is 0.114. The van der Waals surface area contributed by atoms with Crippen molar-refractivity contribution in [3.63, 3.8) is 0 Å². The molecule has 1 fully saturated rings. The molecule has 0 N–H and O–H groups in total. The van der Waals surface area contributed by atoms with Gasteiger partial charge in [0, 0.05) is 25.1 Å². The van der Waals surface area contributed by atoms with Crippen LogP contribution in [0.3, 0.4) is 0 Å². The number of aryl methyl sites for hydroxylation is 1. The second-order valence-corrected chi connectivity index (χ2v) is 10.2. The van der Waals surface area contributed by atoms with Gasteiger partial charge >= 0.3 is 0 Å². The summed E-state index contributed by atoms with van der Waals surface area (Å²) in [5.41, 5.74) is 1.93. The third kappa shape index (κ3) is 5.16. The Kier molecular flexibility index (Phi) is 6.67. The summed E-state index contributed by atoms with van der Waals surface area (Å²) in [7, 11) is -1.37. The molecule has 0 spiro atoms. The molecule has 27 heavy (non-hydrogen) atoms. The molecule has 0 aliphatic carbocycles. The van der Waals surface area contributed by atoms with E-state index in [1.165, 1.54) is 0 Å². The smallest absolute Gasteiger partial charge is 0.227 e. The van der Waals surface area contributed by atoms with E-state index in [4.69, 9.17) is 4.74 Å². The molecule has 2 aromatic rings. The van der Waals surface area contributed by atoms with Crippen LogP contribution in [-0.2, 0) is 34.2 Å². The van der Waals surface area contributed by atoms with Crippen LogP contribution in [0, 0.1) is 6.92 Å². The molecule has 0 amide bonds. The summed E-state index contributed by atoms with van der Waals surface area (Å²) in [5, 5.41) is 3.29. The summed E-state index contributed by atoms with van der Waals surface area (Å²) >= 11 is 1.64. The van der Waals surface area contributed by atoms with E-state index in [1.54, 1.807) is 17.5 Å². The first-order valence-electron chi connectivity index (χ1n) is 9.37. The predicted molar refractivity (Wildman–Crippen MR) is 106 cm³/mol. The molecule has 1 aliphatic rings. The van der Waals surface area contributed by atoms with Crippen LogP contribution >= 0.6 is 11.3 Å². The molecule has 9 heteroatoms. The summed E-state index contributed by atoms with van der Waals surface area (Å²) in [6, 6.07) is 0. The van der Waals surface area contributed by atoms with Crippen molar-refractivity contribution in [3.05, 3.63) is 28.0 Å². The van der Waals surface area contributed by atoms with Crippen LogP contribution in [0.2, 0.25) is 0 Å². The highest BCUT2D eigenvalue weighted by molar-refractivity contribution is 7.91. The number of sulfone groups is 1. The first kappa shape index (κ1) is 20.4. The topological polar surface area (TPSA) is 77.3 Å². The molecule has 150 valence electrons. The first-order valence-corrected chi connectivity index (χ1v) is 11.9.